The maximum atomic E-state index is 12.5. The van der Waals surface area contributed by atoms with Gasteiger partial charge < -0.3 is 0 Å². The molecule has 0 fully saturated rings. The van der Waals surface area contributed by atoms with Crippen LogP contribution in [0.1, 0.15) is 18.9 Å². The van der Waals surface area contributed by atoms with Crippen LogP contribution in [-0.2, 0) is 14.3 Å². The van der Waals surface area contributed by atoms with E-state index in [9.17, 15) is 8.42 Å². The standard InChI is InChI=1S/C21H28O3SSi/c1-6-20(26(4,5)21-10-8-7-9-11-21)16-18(3)24-25(22,23)19-14-12-17(2)13-15-19/h6-15,18,20H,1,16H2,2-5H3. The van der Waals surface area contributed by atoms with E-state index in [1.807, 2.05) is 38.1 Å². The second-order valence-corrected chi connectivity index (χ2v) is 13.7. The molecule has 2 aromatic carbocycles. The smallest absolute Gasteiger partial charge is 0.263 e. The van der Waals surface area contributed by atoms with E-state index in [1.54, 1.807) is 24.3 Å². The van der Waals surface area contributed by atoms with Crippen LogP contribution in [0.3, 0.4) is 0 Å². The molecule has 0 N–H and O–H groups in total. The van der Waals surface area contributed by atoms with Gasteiger partial charge in [0.15, 0.2) is 0 Å². The van der Waals surface area contributed by atoms with Gasteiger partial charge in [-0.2, -0.15) is 8.42 Å². The molecule has 0 radical (unpaired) electrons. The van der Waals surface area contributed by atoms with Crippen molar-refractivity contribution in [1.29, 1.82) is 0 Å². The zero-order chi connectivity index (χ0) is 19.4. The van der Waals surface area contributed by atoms with E-state index in [1.165, 1.54) is 5.19 Å². The summed E-state index contributed by atoms with van der Waals surface area (Å²) in [6, 6.07) is 17.1. The van der Waals surface area contributed by atoms with Crippen LogP contribution in [0.25, 0.3) is 0 Å². The lowest BCUT2D eigenvalue weighted by molar-refractivity contribution is 0.219. The number of hydrogen-bond acceptors (Lipinski definition) is 3. The zero-order valence-corrected chi connectivity index (χ0v) is 17.8. The van der Waals surface area contributed by atoms with Crippen LogP contribution in [-0.4, -0.2) is 22.6 Å². The minimum atomic E-state index is -3.76. The highest BCUT2D eigenvalue weighted by atomic mass is 32.2. The van der Waals surface area contributed by atoms with E-state index in [4.69, 9.17) is 4.18 Å². The maximum absolute atomic E-state index is 12.5. The molecule has 0 aliphatic carbocycles. The molecule has 0 aliphatic rings. The van der Waals surface area contributed by atoms with Crippen molar-refractivity contribution >= 4 is 23.4 Å². The predicted octanol–water partition coefficient (Wildman–Crippen LogP) is 4.65. The van der Waals surface area contributed by atoms with Crippen molar-refractivity contribution < 1.29 is 12.6 Å². The Kier molecular flexibility index (Phi) is 6.61. The monoisotopic (exact) mass is 388 g/mol. The molecule has 0 aromatic heterocycles. The highest BCUT2D eigenvalue weighted by Crippen LogP contribution is 2.30. The Balaban J connectivity index is 2.13. The largest absolute Gasteiger partial charge is 0.297 e. The minimum Gasteiger partial charge on any atom is -0.263 e. The Morgan fingerprint density at radius 1 is 1.08 bits per heavy atom. The van der Waals surface area contributed by atoms with Crippen molar-refractivity contribution in [1.82, 2.24) is 0 Å². The third-order valence-electron chi connectivity index (χ3n) is 4.92. The molecular weight excluding hydrogens is 360 g/mol. The molecule has 0 aliphatic heterocycles. The third-order valence-corrected chi connectivity index (χ3v) is 10.5. The summed E-state index contributed by atoms with van der Waals surface area (Å²) < 4.78 is 30.5. The van der Waals surface area contributed by atoms with E-state index in [0.717, 1.165) is 5.56 Å². The topological polar surface area (TPSA) is 43.4 Å². The van der Waals surface area contributed by atoms with Crippen LogP contribution in [0.4, 0.5) is 0 Å². The van der Waals surface area contributed by atoms with Gasteiger partial charge in [-0.3, -0.25) is 4.18 Å². The number of hydrogen-bond donors (Lipinski definition) is 0. The van der Waals surface area contributed by atoms with Crippen LogP contribution >= 0.6 is 0 Å². The quantitative estimate of drug-likeness (QED) is 0.375. The molecule has 0 saturated heterocycles. The van der Waals surface area contributed by atoms with Crippen molar-refractivity contribution in [2.75, 3.05) is 0 Å². The Morgan fingerprint density at radius 2 is 1.65 bits per heavy atom. The Bertz CT molecular complexity index is 827. The molecule has 0 amide bonds. The van der Waals surface area contributed by atoms with E-state index < -0.39 is 24.3 Å². The highest BCUT2D eigenvalue weighted by Gasteiger charge is 2.33. The molecule has 140 valence electrons. The van der Waals surface area contributed by atoms with Gasteiger partial charge in [0.1, 0.15) is 0 Å². The van der Waals surface area contributed by atoms with Crippen LogP contribution in [0, 0.1) is 6.92 Å². The summed E-state index contributed by atoms with van der Waals surface area (Å²) in [4.78, 5) is 0.199. The summed E-state index contributed by atoms with van der Waals surface area (Å²) in [6.07, 6.45) is 2.17. The lowest BCUT2D eigenvalue weighted by Crippen LogP contribution is -2.46. The molecule has 5 heteroatoms. The van der Waals surface area contributed by atoms with Gasteiger partial charge in [-0.1, -0.05) is 72.4 Å². The summed E-state index contributed by atoms with van der Waals surface area (Å²) in [6.45, 7) is 12.3. The molecule has 2 unspecified atom stereocenters. The molecule has 2 atom stereocenters. The van der Waals surface area contributed by atoms with Gasteiger partial charge in [-0.15, -0.1) is 6.58 Å². The molecule has 26 heavy (non-hydrogen) atoms. The van der Waals surface area contributed by atoms with E-state index in [2.05, 4.69) is 31.8 Å². The fraction of sp³-hybridized carbons (Fsp3) is 0.333. The fourth-order valence-electron chi connectivity index (χ4n) is 3.14. The van der Waals surface area contributed by atoms with Crippen molar-refractivity contribution in [2.45, 2.75) is 49.9 Å². The molecule has 0 spiro atoms. The van der Waals surface area contributed by atoms with Gasteiger partial charge in [-0.05, 0) is 37.9 Å². The fourth-order valence-corrected chi connectivity index (χ4v) is 7.22. The van der Waals surface area contributed by atoms with E-state index in [-0.39, 0.29) is 10.4 Å². The second-order valence-electron chi connectivity index (χ2n) is 7.34. The summed E-state index contributed by atoms with van der Waals surface area (Å²) in [7, 11) is -5.59. The van der Waals surface area contributed by atoms with Crippen molar-refractivity contribution in [3.05, 3.63) is 72.8 Å². The normalized spacial score (nSPS) is 14.6. The van der Waals surface area contributed by atoms with Crippen molar-refractivity contribution in [2.24, 2.45) is 0 Å². The molecule has 0 saturated carbocycles. The molecular formula is C21H28O3SSi. The van der Waals surface area contributed by atoms with Gasteiger partial charge in [-0.25, -0.2) is 0 Å². The average Bonchev–Trinajstić information content (AvgIpc) is 2.60. The number of allylic oxidation sites excluding steroid dienone is 1. The Labute approximate surface area is 158 Å². The summed E-state index contributed by atoms with van der Waals surface area (Å²) in [5, 5.41) is 1.33. The predicted molar refractivity (Wildman–Crippen MR) is 111 cm³/mol. The van der Waals surface area contributed by atoms with Gasteiger partial charge in [0.05, 0.1) is 19.1 Å². The average molecular weight is 389 g/mol. The molecule has 2 aromatic rings. The van der Waals surface area contributed by atoms with E-state index >= 15 is 0 Å². The SMILES string of the molecule is C=CC(CC(C)OS(=O)(=O)c1ccc(C)cc1)[Si](C)(C)c1ccccc1. The summed E-state index contributed by atoms with van der Waals surface area (Å²) in [5.74, 6) is 0. The van der Waals surface area contributed by atoms with E-state index in [0.29, 0.717) is 6.42 Å². The Morgan fingerprint density at radius 3 is 2.19 bits per heavy atom. The van der Waals surface area contributed by atoms with Crippen LogP contribution in [0.2, 0.25) is 18.6 Å². The molecule has 0 heterocycles. The van der Waals surface area contributed by atoms with Crippen LogP contribution < -0.4 is 5.19 Å². The van der Waals surface area contributed by atoms with Gasteiger partial charge >= 0.3 is 0 Å². The van der Waals surface area contributed by atoms with Crippen LogP contribution in [0.15, 0.2) is 72.1 Å². The first kappa shape index (κ1) is 20.6. The van der Waals surface area contributed by atoms with Crippen LogP contribution in [0.5, 0.6) is 0 Å². The summed E-state index contributed by atoms with van der Waals surface area (Å²) >= 11 is 0. The first-order valence-corrected chi connectivity index (χ1v) is 13.3. The molecule has 3 nitrogen and oxygen atoms in total. The molecule has 0 bridgehead atoms. The second kappa shape index (κ2) is 8.33. The lowest BCUT2D eigenvalue weighted by atomic mass is 10.2. The minimum absolute atomic E-state index is 0.199. The molecule has 2 rings (SSSR count). The Hall–Kier alpha value is -1.69. The third kappa shape index (κ3) is 4.93. The van der Waals surface area contributed by atoms with Crippen molar-refractivity contribution in [3.63, 3.8) is 0 Å². The number of benzene rings is 2. The first-order chi connectivity index (χ1) is 12.2. The zero-order valence-electron chi connectivity index (χ0n) is 16.0. The van der Waals surface area contributed by atoms with Crippen molar-refractivity contribution in [3.8, 4) is 0 Å². The van der Waals surface area contributed by atoms with Gasteiger partial charge in [0.25, 0.3) is 10.1 Å². The first-order valence-electron chi connectivity index (χ1n) is 8.85. The van der Waals surface area contributed by atoms with Gasteiger partial charge in [0, 0.05) is 0 Å². The number of aryl methyl sites for hydroxylation is 1. The number of rotatable bonds is 8. The summed E-state index contributed by atoms with van der Waals surface area (Å²) in [5.41, 5.74) is 1.23. The lowest BCUT2D eigenvalue weighted by Gasteiger charge is -2.32. The highest BCUT2D eigenvalue weighted by molar-refractivity contribution is 7.86. The maximum Gasteiger partial charge on any atom is 0.297 e. The van der Waals surface area contributed by atoms with Gasteiger partial charge in [0.2, 0.25) is 0 Å².